The normalized spacial score (nSPS) is 10.9. The van der Waals surface area contributed by atoms with Gasteiger partial charge in [-0.05, 0) is 35.3 Å². The highest BCUT2D eigenvalue weighted by Gasteiger charge is 2.17. The molecule has 112 valence electrons. The third kappa shape index (κ3) is 2.82. The molecule has 0 spiro atoms. The lowest BCUT2D eigenvalue weighted by molar-refractivity contribution is 0.0787. The zero-order valence-electron chi connectivity index (χ0n) is 11.7. The van der Waals surface area contributed by atoms with E-state index in [2.05, 4.69) is 4.37 Å². The van der Waals surface area contributed by atoms with Crippen molar-refractivity contribution in [1.82, 2.24) is 9.27 Å². The fourth-order valence-corrected chi connectivity index (χ4v) is 3.33. The first kappa shape index (κ1) is 15.3. The van der Waals surface area contributed by atoms with Crippen LogP contribution in [0.25, 0.3) is 10.1 Å². The molecule has 3 nitrogen and oxygen atoms in total. The van der Waals surface area contributed by atoms with Crippen LogP contribution >= 0.6 is 34.7 Å². The average molecular weight is 351 g/mol. The standard InChI is InChI=1S/C16H12Cl2N2OS/c1-20(9-10-4-2-6-13(17)15(10)18)16(21)11-5-3-7-14-12(11)8-19-22-14/h2-8H,9H2,1H3. The second kappa shape index (κ2) is 6.24. The molecule has 0 bridgehead atoms. The fourth-order valence-electron chi connectivity index (χ4n) is 2.28. The van der Waals surface area contributed by atoms with Crippen LogP contribution in [0.5, 0.6) is 0 Å². The third-order valence-corrected chi connectivity index (χ3v) is 5.04. The molecule has 0 unspecified atom stereocenters. The van der Waals surface area contributed by atoms with Gasteiger partial charge < -0.3 is 4.90 Å². The van der Waals surface area contributed by atoms with Gasteiger partial charge in [0.15, 0.2) is 0 Å². The zero-order chi connectivity index (χ0) is 15.7. The van der Waals surface area contributed by atoms with Crippen LogP contribution in [0, 0.1) is 0 Å². The van der Waals surface area contributed by atoms with Crippen molar-refractivity contribution in [1.29, 1.82) is 0 Å². The van der Waals surface area contributed by atoms with E-state index in [1.165, 1.54) is 11.5 Å². The Bertz CT molecular complexity index is 847. The van der Waals surface area contributed by atoms with E-state index in [-0.39, 0.29) is 5.91 Å². The fraction of sp³-hybridized carbons (Fsp3) is 0.125. The SMILES string of the molecule is CN(Cc1cccc(Cl)c1Cl)C(=O)c1cccc2sncc12. The summed E-state index contributed by atoms with van der Waals surface area (Å²) in [5, 5.41) is 1.85. The molecular weight excluding hydrogens is 339 g/mol. The summed E-state index contributed by atoms with van der Waals surface area (Å²) in [6, 6.07) is 11.1. The molecule has 2 aromatic carbocycles. The van der Waals surface area contributed by atoms with Crippen LogP contribution in [-0.2, 0) is 6.54 Å². The predicted octanol–water partition coefficient (Wildman–Crippen LogP) is 4.88. The van der Waals surface area contributed by atoms with Gasteiger partial charge in [-0.15, -0.1) is 0 Å². The monoisotopic (exact) mass is 350 g/mol. The average Bonchev–Trinajstić information content (AvgIpc) is 2.99. The Hall–Kier alpha value is -1.62. The largest absolute Gasteiger partial charge is 0.337 e. The van der Waals surface area contributed by atoms with E-state index < -0.39 is 0 Å². The highest BCUT2D eigenvalue weighted by Crippen LogP contribution is 2.27. The number of nitrogens with zero attached hydrogens (tertiary/aromatic N) is 2. The van der Waals surface area contributed by atoms with Crippen molar-refractivity contribution < 1.29 is 4.79 Å². The summed E-state index contributed by atoms with van der Waals surface area (Å²) in [5.41, 5.74) is 1.47. The van der Waals surface area contributed by atoms with Gasteiger partial charge in [0, 0.05) is 30.7 Å². The lowest BCUT2D eigenvalue weighted by Gasteiger charge is -2.18. The van der Waals surface area contributed by atoms with Crippen LogP contribution in [0.2, 0.25) is 10.0 Å². The number of hydrogen-bond donors (Lipinski definition) is 0. The number of carbonyl (C=O) groups is 1. The number of fused-ring (bicyclic) bond motifs is 1. The summed E-state index contributed by atoms with van der Waals surface area (Å²) >= 11 is 13.6. The summed E-state index contributed by atoms with van der Waals surface area (Å²) in [7, 11) is 1.75. The molecule has 0 atom stereocenters. The van der Waals surface area contributed by atoms with E-state index in [0.717, 1.165) is 15.6 Å². The molecule has 0 aliphatic carbocycles. The van der Waals surface area contributed by atoms with Crippen LogP contribution in [0.3, 0.4) is 0 Å². The number of benzene rings is 2. The van der Waals surface area contributed by atoms with E-state index in [1.807, 2.05) is 30.3 Å². The van der Waals surface area contributed by atoms with Crippen LogP contribution in [0.1, 0.15) is 15.9 Å². The van der Waals surface area contributed by atoms with Gasteiger partial charge in [0.2, 0.25) is 0 Å². The summed E-state index contributed by atoms with van der Waals surface area (Å²) in [5.74, 6) is -0.0677. The molecule has 0 aliphatic rings. The number of aromatic nitrogens is 1. The molecule has 6 heteroatoms. The molecule has 0 saturated heterocycles. The number of halogens is 2. The van der Waals surface area contributed by atoms with Crippen LogP contribution in [0.4, 0.5) is 0 Å². The topological polar surface area (TPSA) is 33.2 Å². The molecule has 0 saturated carbocycles. The van der Waals surface area contributed by atoms with Gasteiger partial charge in [0.1, 0.15) is 0 Å². The number of amides is 1. The van der Waals surface area contributed by atoms with Gasteiger partial charge in [-0.2, -0.15) is 4.37 Å². The molecule has 1 aromatic heterocycles. The van der Waals surface area contributed by atoms with Crippen molar-refractivity contribution >= 4 is 50.7 Å². The first-order valence-corrected chi connectivity index (χ1v) is 8.12. The first-order valence-electron chi connectivity index (χ1n) is 6.59. The van der Waals surface area contributed by atoms with Gasteiger partial charge in [0.25, 0.3) is 5.91 Å². The minimum absolute atomic E-state index is 0.0677. The molecule has 3 aromatic rings. The van der Waals surface area contributed by atoms with E-state index in [4.69, 9.17) is 23.2 Å². The van der Waals surface area contributed by atoms with Gasteiger partial charge in [-0.3, -0.25) is 4.79 Å². The highest BCUT2D eigenvalue weighted by molar-refractivity contribution is 7.13. The number of carbonyl (C=O) groups excluding carboxylic acids is 1. The summed E-state index contributed by atoms with van der Waals surface area (Å²) in [6.07, 6.45) is 1.73. The Morgan fingerprint density at radius 3 is 2.82 bits per heavy atom. The van der Waals surface area contributed by atoms with Crippen molar-refractivity contribution in [2.45, 2.75) is 6.54 Å². The smallest absolute Gasteiger partial charge is 0.254 e. The van der Waals surface area contributed by atoms with Gasteiger partial charge >= 0.3 is 0 Å². The molecular formula is C16H12Cl2N2OS. The minimum atomic E-state index is -0.0677. The Balaban J connectivity index is 1.89. The summed E-state index contributed by atoms with van der Waals surface area (Å²) in [4.78, 5) is 14.3. The Morgan fingerprint density at radius 1 is 1.23 bits per heavy atom. The number of rotatable bonds is 3. The maximum Gasteiger partial charge on any atom is 0.254 e. The van der Waals surface area contributed by atoms with Crippen molar-refractivity contribution in [3.05, 3.63) is 63.8 Å². The second-order valence-corrected chi connectivity index (χ2v) is 6.54. The van der Waals surface area contributed by atoms with E-state index >= 15 is 0 Å². The van der Waals surface area contributed by atoms with Crippen molar-refractivity contribution in [2.75, 3.05) is 7.05 Å². The van der Waals surface area contributed by atoms with Gasteiger partial charge in [-0.25, -0.2) is 0 Å². The molecule has 22 heavy (non-hydrogen) atoms. The molecule has 1 heterocycles. The third-order valence-electron chi connectivity index (χ3n) is 3.42. The maximum absolute atomic E-state index is 12.7. The van der Waals surface area contributed by atoms with Crippen LogP contribution in [-0.4, -0.2) is 22.2 Å². The Labute approximate surface area is 142 Å². The van der Waals surface area contributed by atoms with Crippen molar-refractivity contribution in [3.8, 4) is 0 Å². The molecule has 0 aliphatic heterocycles. The number of hydrogen-bond acceptors (Lipinski definition) is 3. The molecule has 0 N–H and O–H groups in total. The predicted molar refractivity (Wildman–Crippen MR) is 91.9 cm³/mol. The Morgan fingerprint density at radius 2 is 2.00 bits per heavy atom. The van der Waals surface area contributed by atoms with Gasteiger partial charge in [0.05, 0.1) is 14.7 Å². The first-order chi connectivity index (χ1) is 10.6. The maximum atomic E-state index is 12.7. The molecule has 1 amide bonds. The molecule has 0 fully saturated rings. The highest BCUT2D eigenvalue weighted by atomic mass is 35.5. The van der Waals surface area contributed by atoms with Crippen LogP contribution < -0.4 is 0 Å². The van der Waals surface area contributed by atoms with Gasteiger partial charge in [-0.1, -0.05) is 41.4 Å². The van der Waals surface area contributed by atoms with Crippen molar-refractivity contribution in [3.63, 3.8) is 0 Å². The molecule has 0 radical (unpaired) electrons. The quantitative estimate of drug-likeness (QED) is 0.674. The zero-order valence-corrected chi connectivity index (χ0v) is 14.0. The Kier molecular flexibility index (Phi) is 4.34. The lowest BCUT2D eigenvalue weighted by atomic mass is 10.1. The van der Waals surface area contributed by atoms with Crippen molar-refractivity contribution in [2.24, 2.45) is 0 Å². The van der Waals surface area contributed by atoms with E-state index in [0.29, 0.717) is 22.2 Å². The summed E-state index contributed by atoms with van der Waals surface area (Å²) < 4.78 is 5.15. The molecule has 3 rings (SSSR count). The van der Waals surface area contributed by atoms with E-state index in [9.17, 15) is 4.79 Å². The van der Waals surface area contributed by atoms with Crippen LogP contribution in [0.15, 0.2) is 42.6 Å². The second-order valence-electron chi connectivity index (χ2n) is 4.92. The minimum Gasteiger partial charge on any atom is -0.337 e. The van der Waals surface area contributed by atoms with E-state index in [1.54, 1.807) is 24.2 Å². The lowest BCUT2D eigenvalue weighted by Crippen LogP contribution is -2.26. The summed E-state index contributed by atoms with van der Waals surface area (Å²) in [6.45, 7) is 0.395.